The third-order valence-corrected chi connectivity index (χ3v) is 4.82. The first-order valence-corrected chi connectivity index (χ1v) is 8.41. The van der Waals surface area contributed by atoms with E-state index in [9.17, 15) is 13.3 Å². The van der Waals surface area contributed by atoms with Gasteiger partial charge in [0.25, 0.3) is 10.0 Å². The Bertz CT molecular complexity index is 869. The summed E-state index contributed by atoms with van der Waals surface area (Å²) in [5, 5.41) is 2.78. The fourth-order valence-electron chi connectivity index (χ4n) is 2.05. The van der Waals surface area contributed by atoms with Gasteiger partial charge in [-0.2, -0.15) is 0 Å². The van der Waals surface area contributed by atoms with E-state index in [1.807, 2.05) is 0 Å². The smallest absolute Gasteiger partial charge is 0.261 e. The standard InChI is InChI=1S/C14H11ClN2O5S/c15-11-3-2-10(8-12(11)16-18)23(19,20)17-9-1-4-13-14(7-9)22-6-5-21-13/h1-4,7-8,17H,5-6H2. The van der Waals surface area contributed by atoms with Crippen LogP contribution in [0.4, 0.5) is 11.4 Å². The maximum atomic E-state index is 12.4. The zero-order valence-corrected chi connectivity index (χ0v) is 13.2. The zero-order chi connectivity index (χ0) is 16.4. The molecule has 0 fully saturated rings. The molecule has 120 valence electrons. The van der Waals surface area contributed by atoms with E-state index in [0.717, 1.165) is 6.07 Å². The number of rotatable bonds is 4. The van der Waals surface area contributed by atoms with Crippen LogP contribution in [0.5, 0.6) is 11.5 Å². The van der Waals surface area contributed by atoms with Gasteiger partial charge in [-0.05, 0) is 35.5 Å². The van der Waals surface area contributed by atoms with E-state index in [1.54, 1.807) is 12.1 Å². The van der Waals surface area contributed by atoms with Gasteiger partial charge in [-0.15, -0.1) is 4.91 Å². The summed E-state index contributed by atoms with van der Waals surface area (Å²) in [6.45, 7) is 0.846. The lowest BCUT2D eigenvalue weighted by Gasteiger charge is -2.19. The molecule has 9 heteroatoms. The Morgan fingerprint density at radius 3 is 2.52 bits per heavy atom. The molecule has 0 aliphatic carbocycles. The second-order valence-electron chi connectivity index (χ2n) is 4.67. The van der Waals surface area contributed by atoms with Crippen molar-refractivity contribution in [2.24, 2.45) is 5.18 Å². The van der Waals surface area contributed by atoms with Crippen LogP contribution in [0.25, 0.3) is 0 Å². The van der Waals surface area contributed by atoms with Crippen molar-refractivity contribution in [1.29, 1.82) is 0 Å². The van der Waals surface area contributed by atoms with Crippen molar-refractivity contribution in [2.45, 2.75) is 4.90 Å². The van der Waals surface area contributed by atoms with Crippen LogP contribution in [0.1, 0.15) is 0 Å². The Morgan fingerprint density at radius 1 is 1.04 bits per heavy atom. The lowest BCUT2D eigenvalue weighted by atomic mass is 10.3. The normalized spacial score (nSPS) is 13.4. The fraction of sp³-hybridized carbons (Fsp3) is 0.143. The molecule has 1 aliphatic heterocycles. The van der Waals surface area contributed by atoms with Crippen LogP contribution in [0.2, 0.25) is 5.02 Å². The lowest BCUT2D eigenvalue weighted by Crippen LogP contribution is -2.16. The molecule has 1 N–H and O–H groups in total. The quantitative estimate of drug-likeness (QED) is 0.850. The van der Waals surface area contributed by atoms with Crippen molar-refractivity contribution < 1.29 is 17.9 Å². The fourth-order valence-corrected chi connectivity index (χ4v) is 3.27. The largest absolute Gasteiger partial charge is 0.486 e. The number of nitrogens with zero attached hydrogens (tertiary/aromatic N) is 1. The highest BCUT2D eigenvalue weighted by atomic mass is 35.5. The van der Waals surface area contributed by atoms with E-state index in [2.05, 4.69) is 9.90 Å². The van der Waals surface area contributed by atoms with Gasteiger partial charge < -0.3 is 9.47 Å². The first kappa shape index (κ1) is 15.6. The molecule has 1 heterocycles. The molecule has 0 saturated heterocycles. The minimum absolute atomic E-state index is 0.0817. The first-order valence-electron chi connectivity index (χ1n) is 6.55. The van der Waals surface area contributed by atoms with E-state index >= 15 is 0 Å². The second-order valence-corrected chi connectivity index (χ2v) is 6.76. The summed E-state index contributed by atoms with van der Waals surface area (Å²) >= 11 is 5.75. The minimum Gasteiger partial charge on any atom is -0.486 e. The molecular formula is C14H11ClN2O5S. The monoisotopic (exact) mass is 354 g/mol. The summed E-state index contributed by atoms with van der Waals surface area (Å²) in [5.74, 6) is 1.01. The Hall–Kier alpha value is -2.32. The van der Waals surface area contributed by atoms with E-state index in [1.165, 1.54) is 18.2 Å². The highest BCUT2D eigenvalue weighted by Gasteiger charge is 2.18. The van der Waals surface area contributed by atoms with Gasteiger partial charge in [0, 0.05) is 6.07 Å². The van der Waals surface area contributed by atoms with Gasteiger partial charge in [-0.3, -0.25) is 4.72 Å². The number of ether oxygens (including phenoxy) is 2. The van der Waals surface area contributed by atoms with Crippen molar-refractivity contribution in [3.8, 4) is 11.5 Å². The Kier molecular flexibility index (Phi) is 4.10. The van der Waals surface area contributed by atoms with Gasteiger partial charge in [0.15, 0.2) is 11.5 Å². The summed E-state index contributed by atoms with van der Waals surface area (Å²) in [6, 6.07) is 8.40. The molecule has 2 aromatic carbocycles. The first-order chi connectivity index (χ1) is 11.0. The summed E-state index contributed by atoms with van der Waals surface area (Å²) in [4.78, 5) is 10.5. The van der Waals surface area contributed by atoms with Crippen LogP contribution in [0, 0.1) is 4.91 Å². The SMILES string of the molecule is O=Nc1cc(S(=O)(=O)Nc2ccc3c(c2)OCCO3)ccc1Cl. The van der Waals surface area contributed by atoms with Crippen molar-refractivity contribution in [3.63, 3.8) is 0 Å². The van der Waals surface area contributed by atoms with Crippen LogP contribution in [-0.2, 0) is 10.0 Å². The molecule has 3 rings (SSSR count). The second kappa shape index (κ2) is 6.05. The highest BCUT2D eigenvalue weighted by molar-refractivity contribution is 7.92. The van der Waals surface area contributed by atoms with Gasteiger partial charge in [0.2, 0.25) is 0 Å². The number of fused-ring (bicyclic) bond motifs is 1. The number of hydrogen-bond acceptors (Lipinski definition) is 6. The molecule has 0 bridgehead atoms. The van der Waals surface area contributed by atoms with E-state index in [-0.39, 0.29) is 15.6 Å². The van der Waals surface area contributed by atoms with Crippen molar-refractivity contribution in [1.82, 2.24) is 0 Å². The van der Waals surface area contributed by atoms with Gasteiger partial charge >= 0.3 is 0 Å². The van der Waals surface area contributed by atoms with Crippen LogP contribution in [0.15, 0.2) is 46.5 Å². The molecule has 0 atom stereocenters. The summed E-state index contributed by atoms with van der Waals surface area (Å²) in [5.41, 5.74) is 0.168. The molecule has 7 nitrogen and oxygen atoms in total. The average molecular weight is 355 g/mol. The highest BCUT2D eigenvalue weighted by Crippen LogP contribution is 2.34. The predicted octanol–water partition coefficient (Wildman–Crippen LogP) is 3.31. The maximum absolute atomic E-state index is 12.4. The predicted molar refractivity (Wildman–Crippen MR) is 85.1 cm³/mol. The molecule has 0 saturated carbocycles. The Balaban J connectivity index is 1.90. The number of benzene rings is 2. The molecule has 1 aliphatic rings. The Labute approximate surface area is 137 Å². The number of hydrogen-bond donors (Lipinski definition) is 1. The number of nitrogens with one attached hydrogen (secondary N) is 1. The van der Waals surface area contributed by atoms with Gasteiger partial charge in [0.1, 0.15) is 18.9 Å². The molecule has 0 spiro atoms. The third kappa shape index (κ3) is 3.22. The molecule has 0 amide bonds. The van der Waals surface area contributed by atoms with Crippen LogP contribution < -0.4 is 14.2 Å². The van der Waals surface area contributed by atoms with Gasteiger partial charge in [-0.25, -0.2) is 8.42 Å². The zero-order valence-electron chi connectivity index (χ0n) is 11.7. The number of sulfonamides is 1. The molecule has 0 radical (unpaired) electrons. The van der Waals surface area contributed by atoms with Crippen molar-refractivity contribution in [3.05, 3.63) is 46.3 Å². The minimum atomic E-state index is -3.89. The van der Waals surface area contributed by atoms with Crippen molar-refractivity contribution >= 4 is 33.0 Å². The average Bonchev–Trinajstić information content (AvgIpc) is 2.54. The number of anilines is 1. The van der Waals surface area contributed by atoms with Crippen LogP contribution in [0.3, 0.4) is 0 Å². The molecular weight excluding hydrogens is 344 g/mol. The number of nitroso groups, excluding NO2 is 1. The number of halogens is 1. The summed E-state index contributed by atoms with van der Waals surface area (Å²) < 4.78 is 37.9. The third-order valence-electron chi connectivity index (χ3n) is 3.12. The van der Waals surface area contributed by atoms with E-state index in [0.29, 0.717) is 30.4 Å². The lowest BCUT2D eigenvalue weighted by molar-refractivity contribution is 0.171. The summed E-state index contributed by atoms with van der Waals surface area (Å²) in [7, 11) is -3.89. The Morgan fingerprint density at radius 2 is 1.78 bits per heavy atom. The van der Waals surface area contributed by atoms with E-state index < -0.39 is 10.0 Å². The molecule has 0 aromatic heterocycles. The van der Waals surface area contributed by atoms with Crippen molar-refractivity contribution in [2.75, 3.05) is 17.9 Å². The topological polar surface area (TPSA) is 94.1 Å². The van der Waals surface area contributed by atoms with Crippen LogP contribution in [-0.4, -0.2) is 21.6 Å². The molecule has 0 unspecified atom stereocenters. The molecule has 23 heavy (non-hydrogen) atoms. The van der Waals surface area contributed by atoms with Crippen LogP contribution >= 0.6 is 11.6 Å². The summed E-state index contributed by atoms with van der Waals surface area (Å²) in [6.07, 6.45) is 0. The molecule has 2 aromatic rings. The van der Waals surface area contributed by atoms with Gasteiger partial charge in [-0.1, -0.05) is 11.6 Å². The van der Waals surface area contributed by atoms with Gasteiger partial charge in [0.05, 0.1) is 15.6 Å². The maximum Gasteiger partial charge on any atom is 0.261 e. The van der Waals surface area contributed by atoms with E-state index in [4.69, 9.17) is 21.1 Å².